The van der Waals surface area contributed by atoms with Crippen molar-refractivity contribution in [1.29, 1.82) is 0 Å². The lowest BCUT2D eigenvalue weighted by Gasteiger charge is -2.29. The van der Waals surface area contributed by atoms with Gasteiger partial charge in [-0.15, -0.1) is 11.3 Å². The molecule has 0 bridgehead atoms. The van der Waals surface area contributed by atoms with E-state index in [2.05, 4.69) is 21.3 Å². The summed E-state index contributed by atoms with van der Waals surface area (Å²) in [5.41, 5.74) is 2.46. The van der Waals surface area contributed by atoms with Crippen LogP contribution in [0.2, 0.25) is 0 Å². The maximum Gasteiger partial charge on any atom is 0.266 e. The van der Waals surface area contributed by atoms with E-state index in [1.807, 2.05) is 18.2 Å². The van der Waals surface area contributed by atoms with Crippen molar-refractivity contribution in [3.63, 3.8) is 0 Å². The fourth-order valence-electron chi connectivity index (χ4n) is 3.55. The Bertz CT molecular complexity index is 1060. The second-order valence-corrected chi connectivity index (χ2v) is 7.95. The van der Waals surface area contributed by atoms with Crippen LogP contribution < -0.4 is 15.8 Å². The quantitative estimate of drug-likeness (QED) is 0.752. The molecular formula is C20H22N4O2S. The summed E-state index contributed by atoms with van der Waals surface area (Å²) in [5, 5.41) is 3.51. The number of amides is 1. The summed E-state index contributed by atoms with van der Waals surface area (Å²) in [4.78, 5) is 33.0. The molecule has 1 aliphatic rings. The van der Waals surface area contributed by atoms with Gasteiger partial charge in [-0.05, 0) is 49.9 Å². The van der Waals surface area contributed by atoms with E-state index in [1.165, 1.54) is 41.5 Å². The number of hydrogen-bond donors (Lipinski definition) is 1. The summed E-state index contributed by atoms with van der Waals surface area (Å²) in [7, 11) is 1.66. The Morgan fingerprint density at radius 2 is 2.00 bits per heavy atom. The molecule has 1 aliphatic heterocycles. The van der Waals surface area contributed by atoms with Crippen molar-refractivity contribution in [2.24, 2.45) is 7.05 Å². The molecule has 1 saturated heterocycles. The third-order valence-electron chi connectivity index (χ3n) is 5.04. The van der Waals surface area contributed by atoms with E-state index < -0.39 is 0 Å². The number of fused-ring (bicyclic) bond motifs is 1. The summed E-state index contributed by atoms with van der Waals surface area (Å²) < 4.78 is 1.44. The SMILES string of the molecule is Cc1c(C(=O)Nc2cccc(N3CCCCC3)c2)sc2ncn(C)c(=O)c12. The molecule has 1 N–H and O–H groups in total. The van der Waals surface area contributed by atoms with Gasteiger partial charge in [0.1, 0.15) is 4.83 Å². The van der Waals surface area contributed by atoms with Crippen LogP contribution in [-0.4, -0.2) is 28.5 Å². The number of rotatable bonds is 3. The van der Waals surface area contributed by atoms with Crippen molar-refractivity contribution < 1.29 is 4.79 Å². The third kappa shape index (κ3) is 3.35. The van der Waals surface area contributed by atoms with Crippen molar-refractivity contribution in [1.82, 2.24) is 9.55 Å². The average Bonchev–Trinajstić information content (AvgIpc) is 3.03. The van der Waals surface area contributed by atoms with Gasteiger partial charge in [0.2, 0.25) is 0 Å². The van der Waals surface area contributed by atoms with Crippen LogP contribution in [0.15, 0.2) is 35.4 Å². The molecule has 1 fully saturated rings. The molecule has 6 nitrogen and oxygen atoms in total. The molecule has 4 rings (SSSR count). The normalized spacial score (nSPS) is 14.5. The van der Waals surface area contributed by atoms with E-state index in [0.717, 1.165) is 24.5 Å². The number of aromatic nitrogens is 2. The molecule has 0 radical (unpaired) electrons. The summed E-state index contributed by atoms with van der Waals surface area (Å²) in [5.74, 6) is -0.201. The first kappa shape index (κ1) is 17.7. The highest BCUT2D eigenvalue weighted by atomic mass is 32.1. The number of nitrogens with one attached hydrogen (secondary N) is 1. The molecule has 0 spiro atoms. The fourth-order valence-corrected chi connectivity index (χ4v) is 4.58. The van der Waals surface area contributed by atoms with Crippen LogP contribution in [0.5, 0.6) is 0 Å². The Balaban J connectivity index is 1.61. The third-order valence-corrected chi connectivity index (χ3v) is 6.24. The minimum atomic E-state index is -0.201. The van der Waals surface area contributed by atoms with Gasteiger partial charge < -0.3 is 14.8 Å². The van der Waals surface area contributed by atoms with Gasteiger partial charge in [0.15, 0.2) is 0 Å². The number of aryl methyl sites for hydroxylation is 2. The fraction of sp³-hybridized carbons (Fsp3) is 0.350. The van der Waals surface area contributed by atoms with Gasteiger partial charge >= 0.3 is 0 Å². The second kappa shape index (κ2) is 7.15. The molecule has 140 valence electrons. The van der Waals surface area contributed by atoms with E-state index in [9.17, 15) is 9.59 Å². The van der Waals surface area contributed by atoms with Gasteiger partial charge in [0.25, 0.3) is 11.5 Å². The zero-order chi connectivity index (χ0) is 19.0. The standard InChI is InChI=1S/C20H22N4O2S/c1-13-16-19(21-12-23(2)20(16)26)27-17(13)18(25)22-14-7-6-8-15(11-14)24-9-4-3-5-10-24/h6-8,11-12H,3-5,9-10H2,1-2H3,(H,22,25). The van der Waals surface area contributed by atoms with Crippen LogP contribution in [-0.2, 0) is 7.05 Å². The highest BCUT2D eigenvalue weighted by Crippen LogP contribution is 2.28. The Kier molecular flexibility index (Phi) is 4.70. The number of benzene rings is 1. The smallest absolute Gasteiger partial charge is 0.266 e. The molecule has 0 saturated carbocycles. The number of hydrogen-bond acceptors (Lipinski definition) is 5. The van der Waals surface area contributed by atoms with Crippen molar-refractivity contribution in [2.45, 2.75) is 26.2 Å². The van der Waals surface area contributed by atoms with E-state index in [4.69, 9.17) is 0 Å². The molecule has 0 unspecified atom stereocenters. The molecule has 0 atom stereocenters. The summed E-state index contributed by atoms with van der Waals surface area (Å²) in [6.45, 7) is 3.92. The molecular weight excluding hydrogens is 360 g/mol. The van der Waals surface area contributed by atoms with E-state index in [0.29, 0.717) is 20.7 Å². The maximum atomic E-state index is 12.8. The highest BCUT2D eigenvalue weighted by molar-refractivity contribution is 7.20. The number of thiophene rings is 1. The minimum Gasteiger partial charge on any atom is -0.371 e. The lowest BCUT2D eigenvalue weighted by atomic mass is 10.1. The van der Waals surface area contributed by atoms with Crippen LogP contribution in [0.4, 0.5) is 11.4 Å². The molecule has 1 aromatic carbocycles. The van der Waals surface area contributed by atoms with Crippen LogP contribution in [0.3, 0.4) is 0 Å². The topological polar surface area (TPSA) is 67.2 Å². The predicted octanol–water partition coefficient (Wildman–Crippen LogP) is 3.55. The van der Waals surface area contributed by atoms with Crippen molar-refractivity contribution >= 4 is 38.8 Å². The second-order valence-electron chi connectivity index (χ2n) is 6.95. The Morgan fingerprint density at radius 3 is 2.78 bits per heavy atom. The van der Waals surface area contributed by atoms with E-state index >= 15 is 0 Å². The lowest BCUT2D eigenvalue weighted by Crippen LogP contribution is -2.29. The highest BCUT2D eigenvalue weighted by Gasteiger charge is 2.19. The first-order valence-corrected chi connectivity index (χ1v) is 9.97. The average molecular weight is 382 g/mol. The molecule has 0 aliphatic carbocycles. The molecule has 3 aromatic rings. The summed E-state index contributed by atoms with van der Waals surface area (Å²) in [6.07, 6.45) is 5.19. The van der Waals surface area contributed by atoms with Crippen molar-refractivity contribution in [3.05, 3.63) is 51.4 Å². The first-order chi connectivity index (χ1) is 13.0. The van der Waals surface area contributed by atoms with Crippen LogP contribution in [0.1, 0.15) is 34.5 Å². The van der Waals surface area contributed by atoms with Crippen molar-refractivity contribution in [3.8, 4) is 0 Å². The van der Waals surface area contributed by atoms with Gasteiger partial charge in [-0.2, -0.15) is 0 Å². The number of nitrogens with zero attached hydrogens (tertiary/aromatic N) is 3. The number of carbonyl (C=O) groups excluding carboxylic acids is 1. The molecule has 1 amide bonds. The lowest BCUT2D eigenvalue weighted by molar-refractivity contribution is 0.103. The Labute approximate surface area is 161 Å². The number of carbonyl (C=O) groups is 1. The van der Waals surface area contributed by atoms with Gasteiger partial charge in [-0.25, -0.2) is 4.98 Å². The van der Waals surface area contributed by atoms with Crippen molar-refractivity contribution in [2.75, 3.05) is 23.3 Å². The van der Waals surface area contributed by atoms with E-state index in [-0.39, 0.29) is 11.5 Å². The number of anilines is 2. The minimum absolute atomic E-state index is 0.125. The van der Waals surface area contributed by atoms with Gasteiger partial charge in [0, 0.05) is 31.5 Å². The van der Waals surface area contributed by atoms with Gasteiger partial charge in [0.05, 0.1) is 16.6 Å². The molecule has 3 heterocycles. The zero-order valence-electron chi connectivity index (χ0n) is 15.5. The summed E-state index contributed by atoms with van der Waals surface area (Å²) >= 11 is 1.26. The van der Waals surface area contributed by atoms with Crippen LogP contribution in [0, 0.1) is 6.92 Å². The van der Waals surface area contributed by atoms with E-state index in [1.54, 1.807) is 14.0 Å². The van der Waals surface area contributed by atoms with Gasteiger partial charge in [-0.1, -0.05) is 6.07 Å². The molecule has 2 aromatic heterocycles. The molecule has 7 heteroatoms. The monoisotopic (exact) mass is 382 g/mol. The van der Waals surface area contributed by atoms with Crippen LogP contribution in [0.25, 0.3) is 10.2 Å². The molecule has 27 heavy (non-hydrogen) atoms. The zero-order valence-corrected chi connectivity index (χ0v) is 16.3. The Morgan fingerprint density at radius 1 is 1.22 bits per heavy atom. The maximum absolute atomic E-state index is 12.8. The first-order valence-electron chi connectivity index (χ1n) is 9.15. The van der Waals surface area contributed by atoms with Crippen LogP contribution >= 0.6 is 11.3 Å². The number of piperidine rings is 1. The Hall–Kier alpha value is -2.67. The largest absolute Gasteiger partial charge is 0.371 e. The van der Waals surface area contributed by atoms with Gasteiger partial charge in [-0.3, -0.25) is 9.59 Å². The summed E-state index contributed by atoms with van der Waals surface area (Å²) in [6, 6.07) is 7.96. The predicted molar refractivity (Wildman–Crippen MR) is 110 cm³/mol.